The fourth-order valence-corrected chi connectivity index (χ4v) is 1.66. The maximum absolute atomic E-state index is 11.7. The fourth-order valence-electron chi connectivity index (χ4n) is 1.66. The van der Waals surface area contributed by atoms with E-state index in [4.69, 9.17) is 0 Å². The number of nitrogens with one attached hydrogen (secondary N) is 1. The van der Waals surface area contributed by atoms with E-state index >= 15 is 0 Å². The summed E-state index contributed by atoms with van der Waals surface area (Å²) in [6.07, 6.45) is 5.89. The van der Waals surface area contributed by atoms with Crippen molar-refractivity contribution in [3.8, 4) is 0 Å². The highest BCUT2D eigenvalue weighted by Gasteiger charge is 2.00. The van der Waals surface area contributed by atoms with Gasteiger partial charge in [-0.05, 0) is 26.3 Å². The largest absolute Gasteiger partial charge is 0.328 e. The van der Waals surface area contributed by atoms with Crippen molar-refractivity contribution in [2.75, 3.05) is 6.54 Å². The zero-order valence-corrected chi connectivity index (χ0v) is 10.6. The maximum atomic E-state index is 11.7. The highest BCUT2D eigenvalue weighted by molar-refractivity contribution is 4.80. The maximum Gasteiger partial charge on any atom is 0.328 e. The van der Waals surface area contributed by atoms with Crippen molar-refractivity contribution in [2.45, 2.75) is 52.7 Å². The number of hydrogen-bond acceptors (Lipinski definition) is 2. The van der Waals surface area contributed by atoms with Gasteiger partial charge in [-0.2, -0.15) is 0 Å². The molecular weight excluding hydrogens is 202 g/mol. The summed E-state index contributed by atoms with van der Waals surface area (Å²) >= 11 is 0. The van der Waals surface area contributed by atoms with Crippen molar-refractivity contribution in [2.24, 2.45) is 0 Å². The lowest BCUT2D eigenvalue weighted by molar-refractivity contribution is 0.522. The first-order valence-corrected chi connectivity index (χ1v) is 6.14. The molecule has 1 aromatic heterocycles. The molecule has 1 rings (SSSR count). The first kappa shape index (κ1) is 13.0. The molecule has 92 valence electrons. The van der Waals surface area contributed by atoms with Crippen LogP contribution in [0.15, 0.2) is 17.2 Å². The van der Waals surface area contributed by atoms with E-state index in [2.05, 4.69) is 19.2 Å². The highest BCUT2D eigenvalue weighted by atomic mass is 16.1. The molecule has 0 atom stereocenters. The Morgan fingerprint density at radius 3 is 2.50 bits per heavy atom. The second-order valence-corrected chi connectivity index (χ2v) is 4.38. The monoisotopic (exact) mass is 225 g/mol. The average Bonchev–Trinajstić information content (AvgIpc) is 2.59. The average molecular weight is 225 g/mol. The summed E-state index contributed by atoms with van der Waals surface area (Å²) in [6, 6.07) is 0.545. The molecule has 0 saturated carbocycles. The van der Waals surface area contributed by atoms with Crippen molar-refractivity contribution < 1.29 is 0 Å². The van der Waals surface area contributed by atoms with Crippen molar-refractivity contribution >= 4 is 0 Å². The summed E-state index contributed by atoms with van der Waals surface area (Å²) in [6.45, 7) is 8.88. The van der Waals surface area contributed by atoms with Gasteiger partial charge in [-0.15, -0.1) is 0 Å². The Bertz CT molecular complexity index is 351. The lowest BCUT2D eigenvalue weighted by Crippen LogP contribution is -2.25. The molecule has 0 aliphatic carbocycles. The molecule has 0 bridgehead atoms. The lowest BCUT2D eigenvalue weighted by atomic mass is 10.3. The minimum Gasteiger partial charge on any atom is -0.315 e. The van der Waals surface area contributed by atoms with E-state index < -0.39 is 0 Å². The fraction of sp³-hybridized carbons (Fsp3) is 0.750. The molecule has 0 aliphatic rings. The third-order valence-corrected chi connectivity index (χ3v) is 2.64. The number of rotatable bonds is 7. The Balaban J connectivity index is 2.27. The van der Waals surface area contributed by atoms with Crippen LogP contribution in [0, 0.1) is 0 Å². The Morgan fingerprint density at radius 1 is 1.25 bits per heavy atom. The quantitative estimate of drug-likeness (QED) is 0.713. The van der Waals surface area contributed by atoms with Crippen LogP contribution in [0.5, 0.6) is 0 Å². The second kappa shape index (κ2) is 6.53. The van der Waals surface area contributed by atoms with E-state index in [1.165, 1.54) is 0 Å². The van der Waals surface area contributed by atoms with Crippen molar-refractivity contribution in [1.29, 1.82) is 0 Å². The number of nitrogens with zero attached hydrogens (tertiary/aromatic N) is 2. The van der Waals surface area contributed by atoms with Gasteiger partial charge in [0, 0.05) is 31.5 Å². The molecule has 1 N–H and O–H groups in total. The summed E-state index contributed by atoms with van der Waals surface area (Å²) < 4.78 is 3.52. The summed E-state index contributed by atoms with van der Waals surface area (Å²) in [7, 11) is 0. The van der Waals surface area contributed by atoms with Gasteiger partial charge >= 0.3 is 5.69 Å². The molecule has 0 saturated heterocycles. The van der Waals surface area contributed by atoms with Gasteiger partial charge in [0.1, 0.15) is 0 Å². The molecule has 0 radical (unpaired) electrons. The van der Waals surface area contributed by atoms with E-state index in [0.717, 1.165) is 32.5 Å². The molecule has 0 aromatic carbocycles. The van der Waals surface area contributed by atoms with Crippen LogP contribution in [-0.2, 0) is 13.1 Å². The van der Waals surface area contributed by atoms with Crippen LogP contribution in [0.3, 0.4) is 0 Å². The van der Waals surface area contributed by atoms with Gasteiger partial charge in [-0.3, -0.25) is 9.13 Å². The molecule has 0 spiro atoms. The zero-order valence-electron chi connectivity index (χ0n) is 10.6. The van der Waals surface area contributed by atoms with Crippen LogP contribution in [0.4, 0.5) is 0 Å². The van der Waals surface area contributed by atoms with E-state index in [9.17, 15) is 4.79 Å². The minimum atomic E-state index is 0.110. The van der Waals surface area contributed by atoms with E-state index in [1.807, 2.05) is 19.3 Å². The molecule has 4 nitrogen and oxygen atoms in total. The summed E-state index contributed by atoms with van der Waals surface area (Å²) in [5.74, 6) is 0. The van der Waals surface area contributed by atoms with E-state index in [1.54, 1.807) is 9.13 Å². The molecule has 0 unspecified atom stereocenters. The van der Waals surface area contributed by atoms with Crippen molar-refractivity contribution in [1.82, 2.24) is 14.5 Å². The van der Waals surface area contributed by atoms with Gasteiger partial charge in [0.2, 0.25) is 0 Å². The number of unbranched alkanes of at least 4 members (excludes halogenated alkanes) is 1. The van der Waals surface area contributed by atoms with Gasteiger partial charge < -0.3 is 5.32 Å². The standard InChI is InChI=1S/C12H23N3O/c1-4-14-9-10-15(12(14)16)8-6-5-7-13-11(2)3/h9-11,13H,4-8H2,1-3H3. The molecular formula is C12H23N3O. The Hall–Kier alpha value is -1.03. The number of imidazole rings is 1. The Morgan fingerprint density at radius 2 is 1.94 bits per heavy atom. The SMILES string of the molecule is CCn1ccn(CCCCNC(C)C)c1=O. The van der Waals surface area contributed by atoms with Gasteiger partial charge in [0.05, 0.1) is 0 Å². The van der Waals surface area contributed by atoms with E-state index in [-0.39, 0.29) is 5.69 Å². The Labute approximate surface area is 97.3 Å². The normalized spacial score (nSPS) is 11.2. The molecule has 0 amide bonds. The molecule has 0 fully saturated rings. The highest BCUT2D eigenvalue weighted by Crippen LogP contribution is 1.93. The van der Waals surface area contributed by atoms with Gasteiger partial charge in [-0.1, -0.05) is 13.8 Å². The number of aromatic nitrogens is 2. The van der Waals surface area contributed by atoms with Gasteiger partial charge in [-0.25, -0.2) is 4.79 Å². The van der Waals surface area contributed by atoms with Crippen molar-refractivity contribution in [3.05, 3.63) is 22.9 Å². The second-order valence-electron chi connectivity index (χ2n) is 4.38. The smallest absolute Gasteiger partial charge is 0.315 e. The first-order valence-electron chi connectivity index (χ1n) is 6.14. The summed E-state index contributed by atoms with van der Waals surface area (Å²) in [4.78, 5) is 11.7. The summed E-state index contributed by atoms with van der Waals surface area (Å²) in [5.41, 5.74) is 0.110. The molecule has 1 heterocycles. The van der Waals surface area contributed by atoms with Gasteiger partial charge in [0.15, 0.2) is 0 Å². The van der Waals surface area contributed by atoms with Gasteiger partial charge in [0.25, 0.3) is 0 Å². The van der Waals surface area contributed by atoms with Crippen LogP contribution in [-0.4, -0.2) is 21.7 Å². The topological polar surface area (TPSA) is 39.0 Å². The van der Waals surface area contributed by atoms with Crippen molar-refractivity contribution in [3.63, 3.8) is 0 Å². The van der Waals surface area contributed by atoms with Crippen LogP contribution < -0.4 is 11.0 Å². The lowest BCUT2D eigenvalue weighted by Gasteiger charge is -2.07. The third-order valence-electron chi connectivity index (χ3n) is 2.64. The van der Waals surface area contributed by atoms with Crippen LogP contribution >= 0.6 is 0 Å². The van der Waals surface area contributed by atoms with Crippen LogP contribution in [0.2, 0.25) is 0 Å². The third kappa shape index (κ3) is 3.85. The summed E-state index contributed by atoms with van der Waals surface area (Å²) in [5, 5.41) is 3.37. The van der Waals surface area contributed by atoms with Crippen LogP contribution in [0.25, 0.3) is 0 Å². The minimum absolute atomic E-state index is 0.110. The number of aryl methyl sites for hydroxylation is 2. The predicted octanol–water partition coefficient (Wildman–Crippen LogP) is 1.45. The first-order chi connectivity index (χ1) is 7.65. The predicted molar refractivity (Wildman–Crippen MR) is 66.7 cm³/mol. The van der Waals surface area contributed by atoms with E-state index in [0.29, 0.717) is 6.04 Å². The molecule has 1 aromatic rings. The molecule has 16 heavy (non-hydrogen) atoms. The Kier molecular flexibility index (Phi) is 5.32. The number of hydrogen-bond donors (Lipinski definition) is 1. The molecule has 4 heteroatoms. The zero-order chi connectivity index (χ0) is 12.0. The van der Waals surface area contributed by atoms with Crippen LogP contribution in [0.1, 0.15) is 33.6 Å². The molecule has 0 aliphatic heterocycles.